The summed E-state index contributed by atoms with van der Waals surface area (Å²) in [4.78, 5) is 0. The lowest BCUT2D eigenvalue weighted by molar-refractivity contribution is 0.473. The lowest BCUT2D eigenvalue weighted by Gasteiger charge is -2.38. The van der Waals surface area contributed by atoms with Gasteiger partial charge in [-0.15, -0.1) is 0 Å². The third-order valence-electron chi connectivity index (χ3n) is 10.0. The Hall–Kier alpha value is -5.48. The third-order valence-corrected chi connectivity index (χ3v) is 10.0. The van der Waals surface area contributed by atoms with Crippen LogP contribution in [0.1, 0.15) is 55.6 Å². The van der Waals surface area contributed by atoms with Crippen LogP contribution in [0.4, 0.5) is 11.4 Å². The van der Waals surface area contributed by atoms with E-state index in [2.05, 4.69) is 102 Å². The van der Waals surface area contributed by atoms with E-state index in [0.29, 0.717) is 11.4 Å². The highest BCUT2D eigenvalue weighted by molar-refractivity contribution is 5.87. The van der Waals surface area contributed by atoms with Crippen molar-refractivity contribution < 1.29 is 9.47 Å². The zero-order valence-corrected chi connectivity index (χ0v) is 27.9. The highest BCUT2D eigenvalue weighted by Crippen LogP contribution is 2.59. The topological polar surface area (TPSA) is 70.5 Å². The minimum absolute atomic E-state index is 0.564. The van der Waals surface area contributed by atoms with Crippen LogP contribution in [0.25, 0.3) is 11.1 Å². The van der Waals surface area contributed by atoms with Gasteiger partial charge in [-0.2, -0.15) is 0 Å². The van der Waals surface area contributed by atoms with Crippen LogP contribution in [0.3, 0.4) is 0 Å². The minimum atomic E-state index is -0.564. The molecule has 0 saturated carbocycles. The normalized spacial score (nSPS) is 12.8. The molecule has 0 unspecified atom stereocenters. The number of rotatable bonds is 6. The molecule has 0 saturated heterocycles. The molecule has 0 fully saturated rings. The van der Waals surface area contributed by atoms with Gasteiger partial charge in [-0.25, -0.2) is 0 Å². The van der Waals surface area contributed by atoms with Gasteiger partial charge in [-0.1, -0.05) is 60.7 Å². The van der Waals surface area contributed by atoms with Gasteiger partial charge in [0.25, 0.3) is 0 Å². The van der Waals surface area contributed by atoms with Crippen molar-refractivity contribution in [3.05, 3.63) is 165 Å². The number of benzene rings is 6. The number of fused-ring (bicyclic) bond motifs is 3. The van der Waals surface area contributed by atoms with Crippen molar-refractivity contribution in [2.45, 2.75) is 47.0 Å². The van der Waals surface area contributed by atoms with E-state index in [1.807, 2.05) is 48.5 Å². The van der Waals surface area contributed by atoms with Gasteiger partial charge in [0.05, 0.1) is 5.41 Å². The van der Waals surface area contributed by atoms with Gasteiger partial charge in [0.2, 0.25) is 0 Å². The first-order chi connectivity index (χ1) is 22.6. The molecule has 4 N–H and O–H groups in total. The van der Waals surface area contributed by atoms with Gasteiger partial charge < -0.3 is 20.9 Å². The summed E-state index contributed by atoms with van der Waals surface area (Å²) in [5.41, 5.74) is 27.2. The molecule has 0 spiro atoms. The van der Waals surface area contributed by atoms with Crippen molar-refractivity contribution in [2.24, 2.45) is 0 Å². The molecule has 0 aliphatic heterocycles. The Balaban J connectivity index is 1.50. The predicted molar refractivity (Wildman–Crippen MR) is 194 cm³/mol. The maximum atomic E-state index is 6.53. The van der Waals surface area contributed by atoms with Crippen LogP contribution >= 0.6 is 0 Å². The monoisotopic (exact) mass is 616 g/mol. The molecule has 1 aliphatic carbocycles. The predicted octanol–water partition coefficient (Wildman–Crippen LogP) is 10.6. The first-order valence-electron chi connectivity index (χ1n) is 16.1. The molecule has 234 valence electrons. The number of nitrogen functional groups attached to an aromatic ring is 2. The van der Waals surface area contributed by atoms with Crippen LogP contribution in [-0.2, 0) is 5.41 Å². The minimum Gasteiger partial charge on any atom is -0.457 e. The molecular weight excluding hydrogens is 576 g/mol. The summed E-state index contributed by atoms with van der Waals surface area (Å²) in [6.45, 7) is 13.1. The Morgan fingerprint density at radius 1 is 0.426 bits per heavy atom. The fraction of sp³-hybridized carbons (Fsp3) is 0.163. The van der Waals surface area contributed by atoms with E-state index in [9.17, 15) is 0 Å². The zero-order valence-electron chi connectivity index (χ0n) is 27.9. The first kappa shape index (κ1) is 30.2. The summed E-state index contributed by atoms with van der Waals surface area (Å²) >= 11 is 0. The second-order valence-electron chi connectivity index (χ2n) is 12.8. The van der Waals surface area contributed by atoms with Crippen LogP contribution in [0, 0.1) is 41.5 Å². The van der Waals surface area contributed by atoms with Crippen LogP contribution in [0.15, 0.2) is 109 Å². The lowest BCUT2D eigenvalue weighted by Crippen LogP contribution is -2.31. The third kappa shape index (κ3) is 4.75. The van der Waals surface area contributed by atoms with E-state index in [1.54, 1.807) is 0 Å². The van der Waals surface area contributed by atoms with Crippen molar-refractivity contribution in [3.63, 3.8) is 0 Å². The van der Waals surface area contributed by atoms with Gasteiger partial charge in [0.15, 0.2) is 0 Å². The molecule has 0 bridgehead atoms. The summed E-state index contributed by atoms with van der Waals surface area (Å²) in [6.07, 6.45) is 0. The van der Waals surface area contributed by atoms with Crippen molar-refractivity contribution >= 4 is 11.4 Å². The fourth-order valence-corrected chi connectivity index (χ4v) is 7.48. The largest absolute Gasteiger partial charge is 0.457 e. The van der Waals surface area contributed by atoms with Crippen molar-refractivity contribution in [1.29, 1.82) is 0 Å². The van der Waals surface area contributed by atoms with Crippen LogP contribution in [0.2, 0.25) is 0 Å². The van der Waals surface area contributed by atoms with Crippen LogP contribution in [-0.4, -0.2) is 0 Å². The summed E-state index contributed by atoms with van der Waals surface area (Å²) in [6, 6.07) is 37.6. The maximum Gasteiger partial charge on any atom is 0.133 e. The average Bonchev–Trinajstić information content (AvgIpc) is 3.37. The van der Waals surface area contributed by atoms with Crippen LogP contribution in [0.5, 0.6) is 23.0 Å². The van der Waals surface area contributed by atoms with E-state index in [0.717, 1.165) is 45.3 Å². The molecule has 6 aromatic rings. The van der Waals surface area contributed by atoms with Gasteiger partial charge in [-0.3, -0.25) is 0 Å². The number of nitrogens with two attached hydrogens (primary N) is 2. The molecule has 1 aliphatic rings. The Kier molecular flexibility index (Phi) is 7.32. The molecule has 0 atom stereocenters. The summed E-state index contributed by atoms with van der Waals surface area (Å²) < 4.78 is 13.1. The van der Waals surface area contributed by atoms with Gasteiger partial charge in [0, 0.05) is 11.4 Å². The SMILES string of the molecule is Cc1cc(C2(c3cc(C)c(Oc4ccc(N)cc4)c(C)c3C)c3ccccc3-c3ccccc32)c(C)c(C)c1Oc1ccc(N)cc1. The first-order valence-corrected chi connectivity index (χ1v) is 16.1. The van der Waals surface area contributed by atoms with E-state index in [-0.39, 0.29) is 0 Å². The fourth-order valence-electron chi connectivity index (χ4n) is 7.48. The standard InChI is InChI=1S/C43H40N2O2/c1-25-23-39(27(3)29(5)41(25)46-33-19-15-31(44)16-20-33)43(37-13-9-7-11-35(37)36-12-8-10-14-38(36)43)40-24-26(2)42(30(6)28(40)4)47-34-21-17-32(45)18-22-34/h7-24H,44-45H2,1-6H3. The molecule has 0 aromatic heterocycles. The Morgan fingerprint density at radius 3 is 1.17 bits per heavy atom. The number of hydrogen-bond donors (Lipinski definition) is 2. The maximum absolute atomic E-state index is 6.53. The molecule has 0 radical (unpaired) electrons. The molecule has 6 aromatic carbocycles. The smallest absolute Gasteiger partial charge is 0.133 e. The Labute approximate surface area is 277 Å². The van der Waals surface area contributed by atoms with Crippen LogP contribution < -0.4 is 20.9 Å². The van der Waals surface area contributed by atoms with Crippen molar-refractivity contribution in [2.75, 3.05) is 11.5 Å². The number of aryl methyl sites for hydroxylation is 2. The molecule has 4 heteroatoms. The molecule has 0 heterocycles. The highest BCUT2D eigenvalue weighted by atomic mass is 16.5. The molecular formula is C43H40N2O2. The summed E-state index contributed by atoms with van der Waals surface area (Å²) in [5.74, 6) is 3.29. The summed E-state index contributed by atoms with van der Waals surface area (Å²) in [5, 5.41) is 0. The molecule has 7 rings (SSSR count). The van der Waals surface area contributed by atoms with E-state index < -0.39 is 5.41 Å². The highest BCUT2D eigenvalue weighted by Gasteiger charge is 2.48. The van der Waals surface area contributed by atoms with Gasteiger partial charge in [-0.05, 0) is 157 Å². The van der Waals surface area contributed by atoms with E-state index in [1.165, 1.54) is 44.5 Å². The summed E-state index contributed by atoms with van der Waals surface area (Å²) in [7, 11) is 0. The number of ether oxygens (including phenoxy) is 2. The average molecular weight is 617 g/mol. The second-order valence-corrected chi connectivity index (χ2v) is 12.8. The Morgan fingerprint density at radius 2 is 0.787 bits per heavy atom. The number of hydrogen-bond acceptors (Lipinski definition) is 4. The van der Waals surface area contributed by atoms with Gasteiger partial charge >= 0.3 is 0 Å². The van der Waals surface area contributed by atoms with Crippen molar-refractivity contribution in [3.8, 4) is 34.1 Å². The molecule has 47 heavy (non-hydrogen) atoms. The Bertz CT molecular complexity index is 2010. The second kappa shape index (κ2) is 11.4. The van der Waals surface area contributed by atoms with Crippen molar-refractivity contribution in [1.82, 2.24) is 0 Å². The molecule has 4 nitrogen and oxygen atoms in total. The zero-order chi connectivity index (χ0) is 33.0. The quantitative estimate of drug-likeness (QED) is 0.182. The molecule has 0 amide bonds. The van der Waals surface area contributed by atoms with E-state index >= 15 is 0 Å². The lowest BCUT2D eigenvalue weighted by atomic mass is 9.64. The van der Waals surface area contributed by atoms with Gasteiger partial charge in [0.1, 0.15) is 23.0 Å². The van der Waals surface area contributed by atoms with E-state index in [4.69, 9.17) is 20.9 Å². The number of anilines is 2.